The van der Waals surface area contributed by atoms with Crippen LogP contribution in [0.4, 0.5) is 0 Å². The minimum absolute atomic E-state index is 0.230. The Morgan fingerprint density at radius 1 is 1.30 bits per heavy atom. The molecular weight excluding hydrogens is 274 g/mol. The highest BCUT2D eigenvalue weighted by Gasteiger charge is 2.47. The highest BCUT2D eigenvalue weighted by atomic mass is 32.2. The van der Waals surface area contributed by atoms with Gasteiger partial charge in [-0.15, -0.1) is 0 Å². The summed E-state index contributed by atoms with van der Waals surface area (Å²) in [4.78, 5) is 11.5. The molecule has 0 fully saturated rings. The number of rotatable bonds is 8. The first-order chi connectivity index (χ1) is 9.33. The molecule has 20 heavy (non-hydrogen) atoms. The highest BCUT2D eigenvalue weighted by molar-refractivity contribution is 7.98. The summed E-state index contributed by atoms with van der Waals surface area (Å²) in [6.45, 7) is 2.98. The van der Waals surface area contributed by atoms with E-state index in [2.05, 4.69) is 0 Å². The molecule has 0 heterocycles. The van der Waals surface area contributed by atoms with Crippen LogP contribution < -0.4 is 5.73 Å². The van der Waals surface area contributed by atoms with Gasteiger partial charge in [0.15, 0.2) is 5.60 Å². The second-order valence-corrected chi connectivity index (χ2v) is 6.66. The average Bonchev–Trinajstić information content (AvgIpc) is 2.44. The summed E-state index contributed by atoms with van der Waals surface area (Å²) < 4.78 is 0. The average molecular weight is 297 g/mol. The van der Waals surface area contributed by atoms with Crippen LogP contribution in [0, 0.1) is 5.41 Å². The Morgan fingerprint density at radius 2 is 1.90 bits per heavy atom. The first-order valence-electron chi connectivity index (χ1n) is 6.58. The predicted octanol–water partition coefficient (Wildman–Crippen LogP) is 1.54. The molecule has 1 aromatic rings. The number of primary amides is 1. The molecule has 112 valence electrons. The molecule has 0 bridgehead atoms. The van der Waals surface area contributed by atoms with Crippen molar-refractivity contribution in [3.8, 4) is 0 Å². The smallest absolute Gasteiger partial charge is 0.250 e. The van der Waals surface area contributed by atoms with Crippen molar-refractivity contribution < 1.29 is 15.0 Å². The highest BCUT2D eigenvalue weighted by Crippen LogP contribution is 2.34. The SMILES string of the molecule is CC(C)(CO)C(O)(CCSCc1ccccc1)C(N)=O. The fraction of sp³-hybridized carbons (Fsp3) is 0.533. The van der Waals surface area contributed by atoms with E-state index in [-0.39, 0.29) is 13.0 Å². The lowest BCUT2D eigenvalue weighted by Gasteiger charge is -2.38. The van der Waals surface area contributed by atoms with E-state index in [4.69, 9.17) is 5.73 Å². The van der Waals surface area contributed by atoms with E-state index in [1.54, 1.807) is 25.6 Å². The van der Waals surface area contributed by atoms with E-state index < -0.39 is 16.9 Å². The summed E-state index contributed by atoms with van der Waals surface area (Å²) in [6, 6.07) is 9.98. The van der Waals surface area contributed by atoms with Crippen molar-refractivity contribution >= 4 is 17.7 Å². The monoisotopic (exact) mass is 297 g/mol. The van der Waals surface area contributed by atoms with Gasteiger partial charge in [-0.25, -0.2) is 0 Å². The van der Waals surface area contributed by atoms with Crippen LogP contribution in [0.1, 0.15) is 25.8 Å². The Balaban J connectivity index is 2.54. The van der Waals surface area contributed by atoms with Crippen molar-refractivity contribution in [1.82, 2.24) is 0 Å². The van der Waals surface area contributed by atoms with Crippen LogP contribution in [-0.2, 0) is 10.5 Å². The minimum atomic E-state index is -1.69. The normalized spacial score (nSPS) is 14.8. The number of benzene rings is 1. The molecular formula is C15H23NO3S. The molecule has 0 aliphatic carbocycles. The van der Waals surface area contributed by atoms with Gasteiger partial charge >= 0.3 is 0 Å². The topological polar surface area (TPSA) is 83.6 Å². The first-order valence-corrected chi connectivity index (χ1v) is 7.74. The Kier molecular flexibility index (Phi) is 6.05. The van der Waals surface area contributed by atoms with E-state index in [1.165, 1.54) is 5.56 Å². The van der Waals surface area contributed by atoms with Crippen molar-refractivity contribution in [2.75, 3.05) is 12.4 Å². The molecule has 0 saturated carbocycles. The Hall–Kier alpha value is -1.04. The van der Waals surface area contributed by atoms with Crippen molar-refractivity contribution in [2.45, 2.75) is 31.6 Å². The number of hydrogen-bond acceptors (Lipinski definition) is 4. The number of aliphatic hydroxyl groups is 2. The number of hydrogen-bond donors (Lipinski definition) is 3. The van der Waals surface area contributed by atoms with Gasteiger partial charge in [0.25, 0.3) is 0 Å². The van der Waals surface area contributed by atoms with Gasteiger partial charge in [-0.3, -0.25) is 4.79 Å². The lowest BCUT2D eigenvalue weighted by Crippen LogP contribution is -2.56. The number of amides is 1. The molecule has 5 heteroatoms. The van der Waals surface area contributed by atoms with Crippen molar-refractivity contribution in [3.63, 3.8) is 0 Å². The van der Waals surface area contributed by atoms with Crippen molar-refractivity contribution in [1.29, 1.82) is 0 Å². The Bertz CT molecular complexity index is 436. The van der Waals surface area contributed by atoms with Gasteiger partial charge in [-0.05, 0) is 17.7 Å². The maximum absolute atomic E-state index is 11.5. The van der Waals surface area contributed by atoms with Crippen LogP contribution in [-0.4, -0.2) is 34.1 Å². The van der Waals surface area contributed by atoms with Gasteiger partial charge in [0, 0.05) is 11.2 Å². The first kappa shape index (κ1) is 17.0. The second-order valence-electron chi connectivity index (χ2n) is 5.55. The largest absolute Gasteiger partial charge is 0.396 e. The van der Waals surface area contributed by atoms with Crippen molar-refractivity contribution in [2.24, 2.45) is 11.1 Å². The molecule has 0 spiro atoms. The van der Waals surface area contributed by atoms with Crippen LogP contribution in [0.15, 0.2) is 30.3 Å². The van der Waals surface area contributed by atoms with Crippen LogP contribution in [0.2, 0.25) is 0 Å². The zero-order chi connectivity index (χ0) is 15.2. The summed E-state index contributed by atoms with van der Waals surface area (Å²) in [5, 5.41) is 19.8. The molecule has 1 amide bonds. The quantitative estimate of drug-likeness (QED) is 0.636. The maximum Gasteiger partial charge on any atom is 0.250 e. The van der Waals surface area contributed by atoms with E-state index >= 15 is 0 Å². The van der Waals surface area contributed by atoms with Crippen LogP contribution in [0.3, 0.4) is 0 Å². The van der Waals surface area contributed by atoms with Gasteiger partial charge in [0.2, 0.25) is 5.91 Å². The molecule has 0 aromatic heterocycles. The van der Waals surface area contributed by atoms with Crippen LogP contribution in [0.25, 0.3) is 0 Å². The molecule has 0 aliphatic heterocycles. The Morgan fingerprint density at radius 3 is 2.40 bits per heavy atom. The second kappa shape index (κ2) is 7.11. The molecule has 1 aromatic carbocycles. The predicted molar refractivity (Wildman–Crippen MR) is 82.2 cm³/mol. The van der Waals surface area contributed by atoms with Gasteiger partial charge in [0.05, 0.1) is 6.61 Å². The minimum Gasteiger partial charge on any atom is -0.396 e. The van der Waals surface area contributed by atoms with Gasteiger partial charge in [-0.1, -0.05) is 44.2 Å². The zero-order valence-corrected chi connectivity index (χ0v) is 12.8. The molecule has 1 rings (SSSR count). The maximum atomic E-state index is 11.5. The molecule has 1 atom stereocenters. The summed E-state index contributed by atoms with van der Waals surface area (Å²) in [6.07, 6.45) is 0.230. The lowest BCUT2D eigenvalue weighted by molar-refractivity contribution is -0.154. The Labute approximate surface area is 124 Å². The number of carbonyl (C=O) groups is 1. The van der Waals surface area contributed by atoms with Crippen LogP contribution >= 0.6 is 11.8 Å². The van der Waals surface area contributed by atoms with Gasteiger partial charge in [-0.2, -0.15) is 11.8 Å². The zero-order valence-electron chi connectivity index (χ0n) is 12.0. The van der Waals surface area contributed by atoms with Gasteiger partial charge in [0.1, 0.15) is 0 Å². The molecule has 0 radical (unpaired) electrons. The lowest BCUT2D eigenvalue weighted by atomic mass is 9.73. The fourth-order valence-corrected chi connectivity index (χ4v) is 2.92. The number of nitrogens with two attached hydrogens (primary N) is 1. The van der Waals surface area contributed by atoms with E-state index in [9.17, 15) is 15.0 Å². The van der Waals surface area contributed by atoms with Crippen molar-refractivity contribution in [3.05, 3.63) is 35.9 Å². The third-order valence-electron chi connectivity index (χ3n) is 3.64. The van der Waals surface area contributed by atoms with E-state index in [0.29, 0.717) is 5.75 Å². The van der Waals surface area contributed by atoms with E-state index in [0.717, 1.165) is 5.75 Å². The third kappa shape index (κ3) is 3.98. The standard InChI is InChI=1S/C15H23NO3S/c1-14(2,11-17)15(19,13(16)18)8-9-20-10-12-6-4-3-5-7-12/h3-7,17,19H,8-11H2,1-2H3,(H2,16,18). The fourth-order valence-electron chi connectivity index (χ4n) is 1.91. The molecule has 0 aliphatic rings. The third-order valence-corrected chi connectivity index (χ3v) is 4.67. The summed E-state index contributed by atoms with van der Waals surface area (Å²) in [5.41, 5.74) is 3.87. The van der Waals surface area contributed by atoms with Gasteiger partial charge < -0.3 is 15.9 Å². The number of thioether (sulfide) groups is 1. The van der Waals surface area contributed by atoms with Crippen LogP contribution in [0.5, 0.6) is 0 Å². The molecule has 0 saturated heterocycles. The number of aliphatic hydroxyl groups excluding tert-OH is 1. The molecule has 4 nitrogen and oxygen atoms in total. The molecule has 1 unspecified atom stereocenters. The molecule has 4 N–H and O–H groups in total. The number of carbonyl (C=O) groups excluding carboxylic acids is 1. The summed E-state index contributed by atoms with van der Waals surface area (Å²) in [7, 11) is 0. The summed E-state index contributed by atoms with van der Waals surface area (Å²) in [5.74, 6) is 0.629. The summed E-state index contributed by atoms with van der Waals surface area (Å²) >= 11 is 1.63. The van der Waals surface area contributed by atoms with E-state index in [1.807, 2.05) is 30.3 Å².